The number of ether oxygens (including phenoxy) is 2. The van der Waals surface area contributed by atoms with E-state index in [9.17, 15) is 13.2 Å². The molecule has 1 aliphatic carbocycles. The Kier molecular flexibility index (Phi) is 8.50. The molecule has 0 aliphatic heterocycles. The fourth-order valence-electron chi connectivity index (χ4n) is 5.11. The molecule has 5 heteroatoms. The summed E-state index contributed by atoms with van der Waals surface area (Å²) in [4.78, 5) is 0. The molecule has 0 radical (unpaired) electrons. The molecule has 3 aromatic rings. The van der Waals surface area contributed by atoms with Gasteiger partial charge >= 0.3 is 0 Å². The molecule has 0 unspecified atom stereocenters. The molecule has 0 heterocycles. The van der Waals surface area contributed by atoms with Gasteiger partial charge in [-0.1, -0.05) is 36.4 Å². The molecule has 1 saturated carbocycles. The van der Waals surface area contributed by atoms with E-state index in [0.717, 1.165) is 43.2 Å². The van der Waals surface area contributed by atoms with E-state index in [-0.39, 0.29) is 17.3 Å². The first kappa shape index (κ1) is 25.3. The van der Waals surface area contributed by atoms with E-state index in [1.54, 1.807) is 49.6 Å². The predicted octanol–water partition coefficient (Wildman–Crippen LogP) is 8.22. The van der Waals surface area contributed by atoms with Gasteiger partial charge in [0.25, 0.3) is 0 Å². The maximum Gasteiger partial charge on any atom is 0.166 e. The number of methoxy groups -OCH3 is 1. The lowest BCUT2D eigenvalue weighted by atomic mass is 9.76. The van der Waals surface area contributed by atoms with E-state index >= 15 is 0 Å². The van der Waals surface area contributed by atoms with Crippen LogP contribution < -0.4 is 4.74 Å². The van der Waals surface area contributed by atoms with Crippen LogP contribution in [0.1, 0.15) is 61.6 Å². The SMILES string of the molecule is CCOCc1ccc(C2CCC(CCc3ccc(-c4ccc(OC)cc4)c(F)c3F)CC2)c(F)c1. The highest BCUT2D eigenvalue weighted by Crippen LogP contribution is 2.39. The molecule has 0 amide bonds. The highest BCUT2D eigenvalue weighted by Gasteiger charge is 2.25. The number of hydrogen-bond acceptors (Lipinski definition) is 2. The molecule has 0 spiro atoms. The van der Waals surface area contributed by atoms with Crippen molar-refractivity contribution in [2.75, 3.05) is 13.7 Å². The van der Waals surface area contributed by atoms with E-state index < -0.39 is 11.6 Å². The van der Waals surface area contributed by atoms with Gasteiger partial charge in [-0.15, -0.1) is 0 Å². The summed E-state index contributed by atoms with van der Waals surface area (Å²) >= 11 is 0. The van der Waals surface area contributed by atoms with Crippen LogP contribution in [0.2, 0.25) is 0 Å². The van der Waals surface area contributed by atoms with Crippen LogP contribution in [-0.2, 0) is 17.8 Å². The average Bonchev–Trinajstić information content (AvgIpc) is 2.89. The fourth-order valence-corrected chi connectivity index (χ4v) is 5.11. The van der Waals surface area contributed by atoms with Crippen molar-refractivity contribution in [2.24, 2.45) is 5.92 Å². The maximum atomic E-state index is 14.8. The Balaban J connectivity index is 1.33. The monoisotopic (exact) mass is 482 g/mol. The number of rotatable bonds is 9. The standard InChI is InChI=1S/C30H33F3O2/c1-3-35-19-21-7-16-26(28(31)18-21)22-8-4-20(5-9-22)6-10-24-13-17-27(30(33)29(24)32)23-11-14-25(34-2)15-12-23/h7,11-18,20,22H,3-6,8-10,19H2,1-2H3. The van der Waals surface area contributed by atoms with Crippen LogP contribution in [0.3, 0.4) is 0 Å². The molecule has 0 N–H and O–H groups in total. The smallest absolute Gasteiger partial charge is 0.166 e. The van der Waals surface area contributed by atoms with Gasteiger partial charge in [0.05, 0.1) is 13.7 Å². The molecule has 186 valence electrons. The first-order valence-corrected chi connectivity index (χ1v) is 12.5. The van der Waals surface area contributed by atoms with Gasteiger partial charge in [-0.3, -0.25) is 0 Å². The first-order chi connectivity index (χ1) is 17.0. The number of halogens is 3. The second-order valence-corrected chi connectivity index (χ2v) is 9.38. The average molecular weight is 483 g/mol. The summed E-state index contributed by atoms with van der Waals surface area (Å²) in [5.41, 5.74) is 2.92. The van der Waals surface area contributed by atoms with Crippen molar-refractivity contribution in [1.82, 2.24) is 0 Å². The second-order valence-electron chi connectivity index (χ2n) is 9.38. The molecule has 0 atom stereocenters. The third-order valence-corrected chi connectivity index (χ3v) is 7.21. The van der Waals surface area contributed by atoms with Gasteiger partial charge in [-0.2, -0.15) is 0 Å². The zero-order chi connectivity index (χ0) is 24.8. The summed E-state index contributed by atoms with van der Waals surface area (Å²) in [5.74, 6) is -0.399. The second kappa shape index (κ2) is 11.8. The van der Waals surface area contributed by atoms with Crippen LogP contribution in [0, 0.1) is 23.4 Å². The molecule has 0 bridgehead atoms. The van der Waals surface area contributed by atoms with Crippen LogP contribution in [0.5, 0.6) is 5.75 Å². The van der Waals surface area contributed by atoms with Crippen molar-refractivity contribution in [3.05, 3.63) is 88.7 Å². The third-order valence-electron chi connectivity index (χ3n) is 7.21. The third kappa shape index (κ3) is 6.07. The molecule has 2 nitrogen and oxygen atoms in total. The van der Waals surface area contributed by atoms with E-state index in [0.29, 0.717) is 42.4 Å². The molecular weight excluding hydrogens is 449 g/mol. The van der Waals surface area contributed by atoms with Gasteiger partial charge in [-0.25, -0.2) is 13.2 Å². The fraction of sp³-hybridized carbons (Fsp3) is 0.400. The lowest BCUT2D eigenvalue weighted by Crippen LogP contribution is -2.15. The Hall–Kier alpha value is -2.79. The highest BCUT2D eigenvalue weighted by molar-refractivity contribution is 5.65. The summed E-state index contributed by atoms with van der Waals surface area (Å²) in [5, 5.41) is 0. The van der Waals surface area contributed by atoms with Gasteiger partial charge in [0.1, 0.15) is 11.6 Å². The van der Waals surface area contributed by atoms with Crippen LogP contribution in [0.15, 0.2) is 54.6 Å². The molecule has 0 aromatic heterocycles. The topological polar surface area (TPSA) is 18.5 Å². The zero-order valence-electron chi connectivity index (χ0n) is 20.5. The van der Waals surface area contributed by atoms with Gasteiger partial charge in [0, 0.05) is 12.2 Å². The van der Waals surface area contributed by atoms with Crippen molar-refractivity contribution in [3.63, 3.8) is 0 Å². The minimum atomic E-state index is -0.806. The van der Waals surface area contributed by atoms with Gasteiger partial charge in [0.15, 0.2) is 11.6 Å². The van der Waals surface area contributed by atoms with Crippen LogP contribution in [-0.4, -0.2) is 13.7 Å². The summed E-state index contributed by atoms with van der Waals surface area (Å²) < 4.78 is 54.8. The molecule has 4 rings (SSSR count). The normalized spacial score (nSPS) is 18.0. The maximum absolute atomic E-state index is 14.8. The lowest BCUT2D eigenvalue weighted by Gasteiger charge is -2.29. The zero-order valence-corrected chi connectivity index (χ0v) is 20.5. The molecule has 3 aromatic carbocycles. The number of hydrogen-bond donors (Lipinski definition) is 0. The summed E-state index contributed by atoms with van der Waals surface area (Å²) in [6, 6.07) is 15.7. The Morgan fingerprint density at radius 3 is 2.26 bits per heavy atom. The van der Waals surface area contributed by atoms with Gasteiger partial charge < -0.3 is 9.47 Å². The van der Waals surface area contributed by atoms with Crippen molar-refractivity contribution >= 4 is 0 Å². The van der Waals surface area contributed by atoms with E-state index in [1.165, 1.54) is 0 Å². The molecule has 1 aliphatic rings. The van der Waals surface area contributed by atoms with Crippen LogP contribution in [0.25, 0.3) is 11.1 Å². The van der Waals surface area contributed by atoms with Crippen molar-refractivity contribution in [2.45, 2.75) is 58.0 Å². The molecular formula is C30H33F3O2. The summed E-state index contributed by atoms with van der Waals surface area (Å²) in [6.07, 6.45) is 5.08. The molecule has 1 fully saturated rings. The van der Waals surface area contributed by atoms with Gasteiger partial charge in [0.2, 0.25) is 0 Å². The largest absolute Gasteiger partial charge is 0.497 e. The minimum Gasteiger partial charge on any atom is -0.497 e. The predicted molar refractivity (Wildman–Crippen MR) is 133 cm³/mol. The van der Waals surface area contributed by atoms with Gasteiger partial charge in [-0.05, 0) is 97.7 Å². The van der Waals surface area contributed by atoms with Crippen molar-refractivity contribution in [1.29, 1.82) is 0 Å². The number of aryl methyl sites for hydroxylation is 1. The minimum absolute atomic E-state index is 0.153. The summed E-state index contributed by atoms with van der Waals surface area (Å²) in [6.45, 7) is 2.96. The van der Waals surface area contributed by atoms with E-state index in [2.05, 4.69) is 0 Å². The van der Waals surface area contributed by atoms with E-state index in [4.69, 9.17) is 9.47 Å². The van der Waals surface area contributed by atoms with E-state index in [1.807, 2.05) is 19.1 Å². The number of benzene rings is 3. The van der Waals surface area contributed by atoms with Crippen molar-refractivity contribution < 1.29 is 22.6 Å². The Morgan fingerprint density at radius 2 is 1.60 bits per heavy atom. The van der Waals surface area contributed by atoms with Crippen molar-refractivity contribution in [3.8, 4) is 16.9 Å². The Morgan fingerprint density at radius 1 is 0.857 bits per heavy atom. The highest BCUT2D eigenvalue weighted by atomic mass is 19.2. The summed E-state index contributed by atoms with van der Waals surface area (Å²) in [7, 11) is 1.57. The quantitative estimate of drug-likeness (QED) is 0.306. The lowest BCUT2D eigenvalue weighted by molar-refractivity contribution is 0.134. The Labute approximate surface area is 206 Å². The first-order valence-electron chi connectivity index (χ1n) is 12.5. The molecule has 35 heavy (non-hydrogen) atoms. The molecule has 0 saturated heterocycles. The van der Waals surface area contributed by atoms with Crippen LogP contribution in [0.4, 0.5) is 13.2 Å². The van der Waals surface area contributed by atoms with Crippen LogP contribution >= 0.6 is 0 Å². The Bertz CT molecular complexity index is 1120.